The van der Waals surface area contributed by atoms with Crippen LogP contribution in [0.1, 0.15) is 19.4 Å². The van der Waals surface area contributed by atoms with Gasteiger partial charge in [0.15, 0.2) is 11.5 Å². The molecule has 1 rings (SSSR count). The van der Waals surface area contributed by atoms with Crippen molar-refractivity contribution in [2.24, 2.45) is 5.92 Å². The number of hydrogen-bond donors (Lipinski definition) is 0. The molecule has 0 aliphatic rings. The van der Waals surface area contributed by atoms with E-state index in [0.29, 0.717) is 24.8 Å². The number of urea groups is 1. The molecule has 0 unspecified atom stereocenters. The predicted octanol–water partition coefficient (Wildman–Crippen LogP) is 2.17. The van der Waals surface area contributed by atoms with Crippen LogP contribution in [0.5, 0.6) is 11.5 Å². The Hall–Kier alpha value is -1.96. The van der Waals surface area contributed by atoms with E-state index >= 15 is 0 Å². The lowest BCUT2D eigenvalue weighted by Crippen LogP contribution is -2.40. The molecule has 0 aromatic heterocycles. The fourth-order valence-corrected chi connectivity index (χ4v) is 2.66. The number of hydrogen-bond acceptors (Lipinski definition) is 5. The van der Waals surface area contributed by atoms with Gasteiger partial charge in [-0.1, -0.05) is 19.9 Å². The molecule has 0 bridgehead atoms. The Kier molecular flexibility index (Phi) is 6.89. The van der Waals surface area contributed by atoms with E-state index in [1.165, 1.54) is 12.0 Å². The monoisotopic (exact) mass is 358 g/mol. The third kappa shape index (κ3) is 6.27. The SMILES string of the molecule is COc1ccc(CN(CC(C)C)C(=O)N(C)C)cc1OS(C)(=O)=O. The maximum atomic E-state index is 12.3. The van der Waals surface area contributed by atoms with Crippen LogP contribution >= 0.6 is 0 Å². The van der Waals surface area contributed by atoms with E-state index in [0.717, 1.165) is 11.8 Å². The quantitative estimate of drug-likeness (QED) is 0.698. The molecule has 8 heteroatoms. The Balaban J connectivity index is 3.10. The van der Waals surface area contributed by atoms with E-state index in [-0.39, 0.29) is 11.8 Å². The summed E-state index contributed by atoms with van der Waals surface area (Å²) in [5.74, 6) is 0.733. The van der Waals surface area contributed by atoms with Crippen molar-refractivity contribution in [2.75, 3.05) is 34.0 Å². The van der Waals surface area contributed by atoms with E-state index < -0.39 is 10.1 Å². The van der Waals surface area contributed by atoms with Gasteiger partial charge in [-0.25, -0.2) is 4.79 Å². The molecule has 0 aliphatic heterocycles. The minimum absolute atomic E-state index is 0.106. The number of benzene rings is 1. The highest BCUT2D eigenvalue weighted by Crippen LogP contribution is 2.29. The summed E-state index contributed by atoms with van der Waals surface area (Å²) in [6.45, 7) is 4.99. The largest absolute Gasteiger partial charge is 0.493 e. The summed E-state index contributed by atoms with van der Waals surface area (Å²) in [5.41, 5.74) is 0.755. The lowest BCUT2D eigenvalue weighted by molar-refractivity contribution is 0.161. The zero-order valence-electron chi connectivity index (χ0n) is 15.1. The van der Waals surface area contributed by atoms with Crippen molar-refractivity contribution in [2.45, 2.75) is 20.4 Å². The normalized spacial score (nSPS) is 11.3. The van der Waals surface area contributed by atoms with Crippen LogP contribution in [-0.2, 0) is 16.7 Å². The Morgan fingerprint density at radius 2 is 1.83 bits per heavy atom. The van der Waals surface area contributed by atoms with Crippen LogP contribution in [0.25, 0.3) is 0 Å². The minimum Gasteiger partial charge on any atom is -0.493 e. The summed E-state index contributed by atoms with van der Waals surface area (Å²) in [6, 6.07) is 4.88. The molecule has 1 aromatic carbocycles. The molecule has 0 saturated carbocycles. The molecule has 24 heavy (non-hydrogen) atoms. The molecule has 7 nitrogen and oxygen atoms in total. The fraction of sp³-hybridized carbons (Fsp3) is 0.562. The van der Waals surface area contributed by atoms with Gasteiger partial charge in [0.25, 0.3) is 0 Å². The minimum atomic E-state index is -3.67. The molecular weight excluding hydrogens is 332 g/mol. The molecule has 0 heterocycles. The second-order valence-electron chi connectivity index (χ2n) is 6.22. The number of methoxy groups -OCH3 is 1. The highest BCUT2D eigenvalue weighted by atomic mass is 32.2. The first kappa shape index (κ1) is 20.1. The zero-order valence-corrected chi connectivity index (χ0v) is 15.9. The van der Waals surface area contributed by atoms with Crippen LogP contribution in [0.3, 0.4) is 0 Å². The van der Waals surface area contributed by atoms with Gasteiger partial charge in [-0.05, 0) is 23.6 Å². The lowest BCUT2D eigenvalue weighted by atomic mass is 10.1. The van der Waals surface area contributed by atoms with Gasteiger partial charge in [0, 0.05) is 27.2 Å². The van der Waals surface area contributed by atoms with E-state index in [9.17, 15) is 13.2 Å². The summed E-state index contributed by atoms with van der Waals surface area (Å²) < 4.78 is 32.9. The lowest BCUT2D eigenvalue weighted by Gasteiger charge is -2.28. The van der Waals surface area contributed by atoms with E-state index in [4.69, 9.17) is 8.92 Å². The van der Waals surface area contributed by atoms with Gasteiger partial charge in [0.05, 0.1) is 13.4 Å². The molecule has 0 fully saturated rings. The van der Waals surface area contributed by atoms with Gasteiger partial charge < -0.3 is 18.7 Å². The maximum absolute atomic E-state index is 12.3. The van der Waals surface area contributed by atoms with Crippen molar-refractivity contribution in [3.63, 3.8) is 0 Å². The van der Waals surface area contributed by atoms with Crippen molar-refractivity contribution >= 4 is 16.1 Å². The summed E-state index contributed by atoms with van der Waals surface area (Å²) in [7, 11) is 1.16. The van der Waals surface area contributed by atoms with Crippen molar-refractivity contribution in [1.29, 1.82) is 0 Å². The summed E-state index contributed by atoms with van der Waals surface area (Å²) in [5, 5.41) is 0. The first-order valence-corrected chi connectivity index (χ1v) is 9.37. The smallest absolute Gasteiger partial charge is 0.319 e. The second-order valence-corrected chi connectivity index (χ2v) is 7.80. The summed E-state index contributed by atoms with van der Waals surface area (Å²) >= 11 is 0. The highest BCUT2D eigenvalue weighted by Gasteiger charge is 2.19. The first-order chi connectivity index (χ1) is 11.0. The Morgan fingerprint density at radius 1 is 1.21 bits per heavy atom. The first-order valence-electron chi connectivity index (χ1n) is 7.56. The maximum Gasteiger partial charge on any atom is 0.319 e. The molecule has 0 spiro atoms. The molecule has 0 saturated heterocycles. The third-order valence-corrected chi connectivity index (χ3v) is 3.56. The van der Waals surface area contributed by atoms with Crippen molar-refractivity contribution in [1.82, 2.24) is 9.80 Å². The van der Waals surface area contributed by atoms with Crippen molar-refractivity contribution < 1.29 is 22.1 Å². The Bertz CT molecular complexity index is 671. The molecule has 0 aliphatic carbocycles. The van der Waals surface area contributed by atoms with Gasteiger partial charge in [-0.2, -0.15) is 8.42 Å². The van der Waals surface area contributed by atoms with Crippen molar-refractivity contribution in [3.05, 3.63) is 23.8 Å². The van der Waals surface area contributed by atoms with Gasteiger partial charge in [-0.15, -0.1) is 0 Å². The average Bonchev–Trinajstić information content (AvgIpc) is 2.43. The van der Waals surface area contributed by atoms with Crippen LogP contribution in [0.4, 0.5) is 4.79 Å². The predicted molar refractivity (Wildman–Crippen MR) is 92.8 cm³/mol. The molecule has 136 valence electrons. The molecule has 1 aromatic rings. The van der Waals surface area contributed by atoms with Crippen LogP contribution in [0.2, 0.25) is 0 Å². The number of carbonyl (C=O) groups is 1. The standard InChI is InChI=1S/C16H26N2O5S/c1-12(2)10-18(16(19)17(3)4)11-13-7-8-14(22-5)15(9-13)23-24(6,20)21/h7-9,12H,10-11H2,1-6H3. The van der Waals surface area contributed by atoms with Gasteiger partial charge in [0.1, 0.15) is 0 Å². The van der Waals surface area contributed by atoms with Gasteiger partial charge in [0.2, 0.25) is 0 Å². The third-order valence-electron chi connectivity index (χ3n) is 3.08. The number of rotatable bonds is 7. The number of carbonyl (C=O) groups excluding carboxylic acids is 1. The Morgan fingerprint density at radius 3 is 2.29 bits per heavy atom. The van der Waals surface area contributed by atoms with E-state index in [1.54, 1.807) is 37.2 Å². The number of nitrogens with zero attached hydrogens (tertiary/aromatic N) is 2. The topological polar surface area (TPSA) is 76.2 Å². The van der Waals surface area contributed by atoms with Crippen LogP contribution in [-0.4, -0.2) is 58.3 Å². The fourth-order valence-electron chi connectivity index (χ4n) is 2.20. The number of amides is 2. The second kappa shape index (κ2) is 8.23. The van der Waals surface area contributed by atoms with E-state index in [2.05, 4.69) is 0 Å². The molecule has 2 amide bonds. The van der Waals surface area contributed by atoms with Crippen LogP contribution in [0, 0.1) is 5.92 Å². The molecule has 0 radical (unpaired) electrons. The van der Waals surface area contributed by atoms with Crippen molar-refractivity contribution in [3.8, 4) is 11.5 Å². The van der Waals surface area contributed by atoms with Gasteiger partial charge in [-0.3, -0.25) is 0 Å². The zero-order chi connectivity index (χ0) is 18.5. The number of ether oxygens (including phenoxy) is 1. The average molecular weight is 358 g/mol. The van der Waals surface area contributed by atoms with Crippen LogP contribution < -0.4 is 8.92 Å². The van der Waals surface area contributed by atoms with Crippen LogP contribution in [0.15, 0.2) is 18.2 Å². The highest BCUT2D eigenvalue weighted by molar-refractivity contribution is 7.86. The molecule has 0 atom stereocenters. The molecular formula is C16H26N2O5S. The summed E-state index contributed by atoms with van der Waals surface area (Å²) in [4.78, 5) is 15.5. The Labute approximate surface area is 144 Å². The summed E-state index contributed by atoms with van der Waals surface area (Å²) in [6.07, 6.45) is 0.972. The van der Waals surface area contributed by atoms with Gasteiger partial charge >= 0.3 is 16.1 Å². The van der Waals surface area contributed by atoms with E-state index in [1.807, 2.05) is 13.8 Å². The molecule has 0 N–H and O–H groups in total.